The third kappa shape index (κ3) is 3.34. The van der Waals surface area contributed by atoms with Crippen LogP contribution in [0.15, 0.2) is 36.4 Å². The Labute approximate surface area is 123 Å². The molecule has 1 saturated carbocycles. The predicted molar refractivity (Wildman–Crippen MR) is 82.9 cm³/mol. The molecule has 4 nitrogen and oxygen atoms in total. The van der Waals surface area contributed by atoms with Gasteiger partial charge in [0.2, 0.25) is 0 Å². The first-order valence-corrected chi connectivity index (χ1v) is 7.32. The summed E-state index contributed by atoms with van der Waals surface area (Å²) in [6.45, 7) is 2.26. The molecule has 0 atom stereocenters. The van der Waals surface area contributed by atoms with Gasteiger partial charge in [-0.3, -0.25) is 0 Å². The van der Waals surface area contributed by atoms with E-state index in [0.717, 1.165) is 35.5 Å². The minimum absolute atomic E-state index is 0.334. The molecule has 0 unspecified atom stereocenters. The second-order valence-electron chi connectivity index (χ2n) is 5.46. The smallest absolute Gasteiger partial charge is 0.336 e. The van der Waals surface area contributed by atoms with Gasteiger partial charge in [-0.25, -0.2) is 4.79 Å². The molecule has 1 fully saturated rings. The SMILES string of the molecule is O=C(O)c1ccc(NCCOCC2CC2)c2ccccc12. The van der Waals surface area contributed by atoms with Gasteiger partial charge in [0.05, 0.1) is 12.2 Å². The molecule has 0 bridgehead atoms. The lowest BCUT2D eigenvalue weighted by atomic mass is 10.0. The van der Waals surface area contributed by atoms with Crippen molar-refractivity contribution >= 4 is 22.4 Å². The molecular weight excluding hydrogens is 266 g/mol. The van der Waals surface area contributed by atoms with E-state index in [1.807, 2.05) is 30.3 Å². The molecule has 0 radical (unpaired) electrons. The van der Waals surface area contributed by atoms with E-state index in [1.165, 1.54) is 12.8 Å². The van der Waals surface area contributed by atoms with Crippen molar-refractivity contribution in [1.82, 2.24) is 0 Å². The van der Waals surface area contributed by atoms with Crippen LogP contribution in [-0.2, 0) is 4.74 Å². The number of fused-ring (bicyclic) bond motifs is 1. The Morgan fingerprint density at radius 2 is 1.95 bits per heavy atom. The Morgan fingerprint density at radius 1 is 1.19 bits per heavy atom. The van der Waals surface area contributed by atoms with Crippen molar-refractivity contribution in [2.24, 2.45) is 5.92 Å². The molecule has 110 valence electrons. The molecule has 0 aliphatic heterocycles. The highest BCUT2D eigenvalue weighted by Crippen LogP contribution is 2.29. The van der Waals surface area contributed by atoms with Gasteiger partial charge in [-0.2, -0.15) is 0 Å². The highest BCUT2D eigenvalue weighted by Gasteiger charge is 2.20. The van der Waals surface area contributed by atoms with Gasteiger partial charge >= 0.3 is 5.97 Å². The number of carbonyl (C=O) groups is 1. The number of hydrogen-bond acceptors (Lipinski definition) is 3. The second-order valence-corrected chi connectivity index (χ2v) is 5.46. The predicted octanol–water partition coefficient (Wildman–Crippen LogP) is 3.38. The Hall–Kier alpha value is -2.07. The number of rotatable bonds is 7. The summed E-state index contributed by atoms with van der Waals surface area (Å²) >= 11 is 0. The number of aromatic carboxylic acids is 1. The number of carboxylic acid groups (broad SMARTS) is 1. The maximum absolute atomic E-state index is 11.3. The molecule has 0 saturated heterocycles. The van der Waals surface area contributed by atoms with Gasteiger partial charge in [-0.05, 0) is 36.3 Å². The molecule has 2 aromatic carbocycles. The summed E-state index contributed by atoms with van der Waals surface area (Å²) in [5.74, 6) is -0.119. The lowest BCUT2D eigenvalue weighted by Gasteiger charge is -2.11. The van der Waals surface area contributed by atoms with E-state index in [1.54, 1.807) is 6.07 Å². The Balaban J connectivity index is 1.69. The summed E-state index contributed by atoms with van der Waals surface area (Å²) in [6.07, 6.45) is 2.60. The average molecular weight is 285 g/mol. The maximum atomic E-state index is 11.3. The van der Waals surface area contributed by atoms with Crippen LogP contribution in [0.2, 0.25) is 0 Å². The first kappa shape index (κ1) is 13.9. The topological polar surface area (TPSA) is 58.6 Å². The Kier molecular flexibility index (Phi) is 4.06. The number of carboxylic acids is 1. The molecule has 2 N–H and O–H groups in total. The molecule has 0 aromatic heterocycles. The summed E-state index contributed by atoms with van der Waals surface area (Å²) in [4.78, 5) is 11.3. The van der Waals surface area contributed by atoms with Crippen LogP contribution in [0.3, 0.4) is 0 Å². The summed E-state index contributed by atoms with van der Waals surface area (Å²) in [6, 6.07) is 11.0. The van der Waals surface area contributed by atoms with E-state index in [4.69, 9.17) is 4.74 Å². The van der Waals surface area contributed by atoms with Crippen molar-refractivity contribution in [2.75, 3.05) is 25.1 Å². The molecule has 2 aromatic rings. The fraction of sp³-hybridized carbons (Fsp3) is 0.353. The second kappa shape index (κ2) is 6.14. The zero-order chi connectivity index (χ0) is 14.7. The van der Waals surface area contributed by atoms with E-state index < -0.39 is 5.97 Å². The van der Waals surface area contributed by atoms with Crippen molar-refractivity contribution < 1.29 is 14.6 Å². The van der Waals surface area contributed by atoms with Gasteiger partial charge < -0.3 is 15.2 Å². The van der Waals surface area contributed by atoms with Crippen molar-refractivity contribution in [1.29, 1.82) is 0 Å². The largest absolute Gasteiger partial charge is 0.478 e. The van der Waals surface area contributed by atoms with Gasteiger partial charge in [-0.1, -0.05) is 24.3 Å². The molecule has 0 amide bonds. The normalized spacial score (nSPS) is 14.3. The molecular formula is C17H19NO3. The minimum atomic E-state index is -0.898. The van der Waals surface area contributed by atoms with Crippen molar-refractivity contribution in [3.63, 3.8) is 0 Å². The quantitative estimate of drug-likeness (QED) is 0.766. The molecule has 0 spiro atoms. The van der Waals surface area contributed by atoms with E-state index in [2.05, 4.69) is 5.32 Å². The van der Waals surface area contributed by atoms with Crippen LogP contribution in [0, 0.1) is 5.92 Å². The number of anilines is 1. The van der Waals surface area contributed by atoms with E-state index in [-0.39, 0.29) is 0 Å². The summed E-state index contributed by atoms with van der Waals surface area (Å²) in [5.41, 5.74) is 1.28. The Bertz CT molecular complexity index is 650. The summed E-state index contributed by atoms with van der Waals surface area (Å²) in [7, 11) is 0. The van der Waals surface area contributed by atoms with E-state index in [9.17, 15) is 9.90 Å². The van der Waals surface area contributed by atoms with Crippen molar-refractivity contribution in [3.05, 3.63) is 42.0 Å². The van der Waals surface area contributed by atoms with Gasteiger partial charge in [0.25, 0.3) is 0 Å². The molecule has 1 aliphatic rings. The highest BCUT2D eigenvalue weighted by molar-refractivity contribution is 6.07. The molecule has 4 heteroatoms. The first-order chi connectivity index (χ1) is 10.3. The fourth-order valence-corrected chi connectivity index (χ4v) is 2.43. The van der Waals surface area contributed by atoms with Crippen LogP contribution < -0.4 is 5.32 Å². The molecule has 0 heterocycles. The summed E-state index contributed by atoms with van der Waals surface area (Å²) < 4.78 is 5.60. The fourth-order valence-electron chi connectivity index (χ4n) is 2.43. The maximum Gasteiger partial charge on any atom is 0.336 e. The molecule has 3 rings (SSSR count). The van der Waals surface area contributed by atoms with E-state index >= 15 is 0 Å². The third-order valence-electron chi connectivity index (χ3n) is 3.77. The van der Waals surface area contributed by atoms with E-state index in [0.29, 0.717) is 12.2 Å². The van der Waals surface area contributed by atoms with Crippen LogP contribution in [0.4, 0.5) is 5.69 Å². The van der Waals surface area contributed by atoms with Crippen molar-refractivity contribution in [3.8, 4) is 0 Å². The van der Waals surface area contributed by atoms with Crippen LogP contribution in [0.5, 0.6) is 0 Å². The number of benzene rings is 2. The highest BCUT2D eigenvalue weighted by atomic mass is 16.5. The standard InChI is InChI=1S/C17H19NO3/c19-17(20)15-7-8-16(14-4-2-1-3-13(14)15)18-9-10-21-11-12-5-6-12/h1-4,7-8,12,18H,5-6,9-11H2,(H,19,20). The lowest BCUT2D eigenvalue weighted by molar-refractivity contribution is 0.0699. The Morgan fingerprint density at radius 3 is 2.67 bits per heavy atom. The minimum Gasteiger partial charge on any atom is -0.478 e. The van der Waals surface area contributed by atoms with Gasteiger partial charge in [0, 0.05) is 24.2 Å². The number of ether oxygens (including phenoxy) is 1. The zero-order valence-corrected chi connectivity index (χ0v) is 11.8. The summed E-state index contributed by atoms with van der Waals surface area (Å²) in [5, 5.41) is 14.3. The van der Waals surface area contributed by atoms with Crippen LogP contribution >= 0.6 is 0 Å². The number of hydrogen-bond donors (Lipinski definition) is 2. The zero-order valence-electron chi connectivity index (χ0n) is 11.8. The van der Waals surface area contributed by atoms with Gasteiger partial charge in [0.1, 0.15) is 0 Å². The van der Waals surface area contributed by atoms with Crippen molar-refractivity contribution in [2.45, 2.75) is 12.8 Å². The van der Waals surface area contributed by atoms with Crippen LogP contribution in [0.25, 0.3) is 10.8 Å². The van der Waals surface area contributed by atoms with Gasteiger partial charge in [-0.15, -0.1) is 0 Å². The third-order valence-corrected chi connectivity index (χ3v) is 3.77. The first-order valence-electron chi connectivity index (χ1n) is 7.32. The van der Waals surface area contributed by atoms with Gasteiger partial charge in [0.15, 0.2) is 0 Å². The lowest BCUT2D eigenvalue weighted by Crippen LogP contribution is -2.11. The number of nitrogens with one attached hydrogen (secondary N) is 1. The molecule has 1 aliphatic carbocycles. The van der Waals surface area contributed by atoms with Crippen LogP contribution in [0.1, 0.15) is 23.2 Å². The molecule has 21 heavy (non-hydrogen) atoms. The monoisotopic (exact) mass is 285 g/mol. The average Bonchev–Trinajstić information content (AvgIpc) is 3.30. The van der Waals surface area contributed by atoms with Crippen LogP contribution in [-0.4, -0.2) is 30.8 Å².